The lowest BCUT2D eigenvalue weighted by molar-refractivity contribution is -0.384. The van der Waals surface area contributed by atoms with Crippen LogP contribution in [0.25, 0.3) is 0 Å². The number of anilines is 2. The zero-order chi connectivity index (χ0) is 17.4. The Hall–Kier alpha value is -3.12. The topological polar surface area (TPSA) is 139 Å². The monoisotopic (exact) mass is 343 g/mol. The van der Waals surface area contributed by atoms with Crippen molar-refractivity contribution in [2.45, 2.75) is 13.0 Å². The minimum atomic E-state index is -0.713. The molecule has 9 heteroatoms. The number of hydrogen-bond acceptors (Lipinski definition) is 7. The van der Waals surface area contributed by atoms with Crippen LogP contribution in [0.4, 0.5) is 16.4 Å². The molecule has 2 aromatic rings. The van der Waals surface area contributed by atoms with E-state index in [0.29, 0.717) is 35.8 Å². The maximum absolute atomic E-state index is 11.4. The molecule has 0 fully saturated rings. The third-order valence-corrected chi connectivity index (χ3v) is 5.04. The quantitative estimate of drug-likeness (QED) is 0.643. The Morgan fingerprint density at radius 3 is 2.83 bits per heavy atom. The van der Waals surface area contributed by atoms with Gasteiger partial charge in [-0.1, -0.05) is 0 Å². The minimum absolute atomic E-state index is 0.0929. The molecule has 8 nitrogen and oxygen atoms in total. The van der Waals surface area contributed by atoms with Gasteiger partial charge in [0.05, 0.1) is 17.0 Å². The number of carbonyl (C=O) groups is 1. The van der Waals surface area contributed by atoms with Crippen LogP contribution in [0.3, 0.4) is 0 Å². The molecule has 4 N–H and O–H groups in total. The summed E-state index contributed by atoms with van der Waals surface area (Å²) in [5.41, 5.74) is 12.8. The molecule has 0 bridgehead atoms. The molecule has 0 aliphatic carbocycles. The normalized spacial score (nSPS) is 13.2. The highest BCUT2D eigenvalue weighted by molar-refractivity contribution is 7.16. The number of rotatable bonds is 3. The van der Waals surface area contributed by atoms with E-state index in [4.69, 9.17) is 11.5 Å². The zero-order valence-corrected chi connectivity index (χ0v) is 13.3. The van der Waals surface area contributed by atoms with E-state index in [1.165, 1.54) is 29.5 Å². The lowest BCUT2D eigenvalue weighted by Gasteiger charge is -2.28. The van der Waals surface area contributed by atoms with Crippen molar-refractivity contribution in [3.63, 3.8) is 0 Å². The summed E-state index contributed by atoms with van der Waals surface area (Å²) in [6, 6.07) is 6.31. The van der Waals surface area contributed by atoms with E-state index < -0.39 is 10.8 Å². The fraction of sp³-hybridized carbons (Fsp3) is 0.200. The van der Waals surface area contributed by atoms with Gasteiger partial charge in [-0.15, -0.1) is 11.3 Å². The molecule has 0 saturated heterocycles. The molecule has 24 heavy (non-hydrogen) atoms. The van der Waals surface area contributed by atoms with E-state index in [1.807, 2.05) is 4.90 Å². The van der Waals surface area contributed by atoms with Crippen LogP contribution in [-0.4, -0.2) is 17.4 Å². The number of carbonyl (C=O) groups excluding carboxylic acids is 1. The second-order valence-corrected chi connectivity index (χ2v) is 6.49. The van der Waals surface area contributed by atoms with Crippen LogP contribution in [0.15, 0.2) is 18.2 Å². The van der Waals surface area contributed by atoms with Crippen molar-refractivity contribution >= 4 is 33.6 Å². The number of amides is 1. The first kappa shape index (κ1) is 15.8. The molecule has 0 saturated carbocycles. The van der Waals surface area contributed by atoms with E-state index in [9.17, 15) is 20.2 Å². The smallest absolute Gasteiger partial charge is 0.293 e. The second-order valence-electron chi connectivity index (χ2n) is 5.35. The van der Waals surface area contributed by atoms with Crippen LogP contribution >= 0.6 is 11.3 Å². The third-order valence-electron chi connectivity index (χ3n) is 3.99. The Kier molecular flexibility index (Phi) is 3.83. The van der Waals surface area contributed by atoms with Gasteiger partial charge in [0.15, 0.2) is 0 Å². The van der Waals surface area contributed by atoms with Crippen molar-refractivity contribution in [2.75, 3.05) is 17.2 Å². The Bertz CT molecular complexity index is 899. The van der Waals surface area contributed by atoms with Gasteiger partial charge in [-0.3, -0.25) is 14.9 Å². The maximum Gasteiger partial charge on any atom is 0.293 e. The largest absolute Gasteiger partial charge is 0.389 e. The van der Waals surface area contributed by atoms with Crippen molar-refractivity contribution in [1.29, 1.82) is 5.26 Å². The molecule has 2 heterocycles. The van der Waals surface area contributed by atoms with Gasteiger partial charge in [0.25, 0.3) is 5.69 Å². The highest BCUT2D eigenvalue weighted by Crippen LogP contribution is 2.38. The number of nitro groups is 1. The van der Waals surface area contributed by atoms with Crippen LogP contribution < -0.4 is 16.4 Å². The van der Waals surface area contributed by atoms with Gasteiger partial charge in [-0.25, -0.2) is 0 Å². The predicted molar refractivity (Wildman–Crippen MR) is 89.8 cm³/mol. The number of benzene rings is 1. The molecule has 1 aromatic heterocycles. The first-order valence-corrected chi connectivity index (χ1v) is 7.87. The summed E-state index contributed by atoms with van der Waals surface area (Å²) >= 11 is 1.33. The number of nitrogens with zero attached hydrogens (tertiary/aromatic N) is 3. The molecule has 1 amide bonds. The van der Waals surface area contributed by atoms with Gasteiger partial charge < -0.3 is 16.4 Å². The van der Waals surface area contributed by atoms with Gasteiger partial charge >= 0.3 is 0 Å². The number of nitrogens with two attached hydrogens (primary N) is 2. The molecule has 1 aliphatic rings. The Morgan fingerprint density at radius 1 is 1.46 bits per heavy atom. The van der Waals surface area contributed by atoms with Crippen LogP contribution in [0, 0.1) is 21.4 Å². The van der Waals surface area contributed by atoms with Crippen LogP contribution in [-0.2, 0) is 13.0 Å². The van der Waals surface area contributed by atoms with Crippen molar-refractivity contribution < 1.29 is 9.72 Å². The molecule has 0 atom stereocenters. The summed E-state index contributed by atoms with van der Waals surface area (Å²) in [6.07, 6.45) is 0.584. The van der Waals surface area contributed by atoms with Gasteiger partial charge in [0.2, 0.25) is 5.91 Å². The first-order valence-electron chi connectivity index (χ1n) is 7.05. The Morgan fingerprint density at radius 2 is 2.21 bits per heavy atom. The molecular formula is C15H13N5O3S. The van der Waals surface area contributed by atoms with Crippen molar-refractivity contribution in [3.8, 4) is 6.07 Å². The summed E-state index contributed by atoms with van der Waals surface area (Å²) in [4.78, 5) is 24.9. The SMILES string of the molecule is N#Cc1c(N)sc2c1CCN(c1ccc(C(N)=O)cc1[N+](=O)[O-])C2. The molecule has 0 radical (unpaired) electrons. The van der Waals surface area contributed by atoms with Crippen molar-refractivity contribution in [3.05, 3.63) is 49.9 Å². The number of hydrogen-bond donors (Lipinski definition) is 2. The van der Waals surface area contributed by atoms with Gasteiger partial charge in [-0.2, -0.15) is 5.26 Å². The van der Waals surface area contributed by atoms with Crippen LogP contribution in [0.5, 0.6) is 0 Å². The van der Waals surface area contributed by atoms with Crippen LogP contribution in [0.2, 0.25) is 0 Å². The highest BCUT2D eigenvalue weighted by atomic mass is 32.1. The molecular weight excluding hydrogens is 330 g/mol. The number of fused-ring (bicyclic) bond motifs is 1. The fourth-order valence-corrected chi connectivity index (χ4v) is 3.93. The summed E-state index contributed by atoms with van der Waals surface area (Å²) in [5, 5.41) is 21.0. The third kappa shape index (κ3) is 2.53. The fourth-order valence-electron chi connectivity index (χ4n) is 2.84. The number of nitriles is 1. The van der Waals surface area contributed by atoms with Crippen LogP contribution in [0.1, 0.15) is 26.4 Å². The molecule has 1 aliphatic heterocycles. The zero-order valence-electron chi connectivity index (χ0n) is 12.5. The van der Waals surface area contributed by atoms with Crippen molar-refractivity contribution in [2.24, 2.45) is 5.73 Å². The van der Waals surface area contributed by atoms with E-state index in [0.717, 1.165) is 10.4 Å². The second kappa shape index (κ2) is 5.82. The molecule has 3 rings (SSSR count). The minimum Gasteiger partial charge on any atom is -0.389 e. The molecule has 0 unspecified atom stereocenters. The highest BCUT2D eigenvalue weighted by Gasteiger charge is 2.28. The number of primary amides is 1. The average Bonchev–Trinajstić information content (AvgIpc) is 2.88. The lowest BCUT2D eigenvalue weighted by Crippen LogP contribution is -2.30. The number of thiophene rings is 1. The van der Waals surface area contributed by atoms with Gasteiger partial charge in [-0.05, 0) is 24.1 Å². The summed E-state index contributed by atoms with van der Waals surface area (Å²) in [7, 11) is 0. The molecule has 122 valence electrons. The van der Waals surface area contributed by atoms with Gasteiger partial charge in [0.1, 0.15) is 16.8 Å². The standard InChI is InChI=1S/C15H13N5O3S/c16-6-10-9-3-4-19(7-13(9)24-15(10)18)11-2-1-8(14(17)21)5-12(11)20(22)23/h1-2,5H,3-4,7,18H2,(H2,17,21). The molecule has 0 spiro atoms. The van der Waals surface area contributed by atoms with Gasteiger partial charge in [0, 0.05) is 23.1 Å². The van der Waals surface area contributed by atoms with E-state index in [1.54, 1.807) is 0 Å². The van der Waals surface area contributed by atoms with E-state index >= 15 is 0 Å². The maximum atomic E-state index is 11.4. The summed E-state index contributed by atoms with van der Waals surface area (Å²) < 4.78 is 0. The predicted octanol–water partition coefficient (Wildman–Crippen LogP) is 1.77. The van der Waals surface area contributed by atoms with E-state index in [-0.39, 0.29) is 11.3 Å². The van der Waals surface area contributed by atoms with Crippen molar-refractivity contribution in [1.82, 2.24) is 0 Å². The average molecular weight is 343 g/mol. The Balaban J connectivity index is 2.00. The number of nitrogen functional groups attached to an aromatic ring is 1. The summed E-state index contributed by atoms with van der Waals surface area (Å²) in [6.45, 7) is 0.956. The summed E-state index contributed by atoms with van der Waals surface area (Å²) in [5.74, 6) is -0.713. The first-order chi connectivity index (χ1) is 11.4. The van der Waals surface area contributed by atoms with E-state index in [2.05, 4.69) is 6.07 Å². The Labute approximate surface area is 141 Å². The molecule has 1 aromatic carbocycles. The number of nitro benzene ring substituents is 1. The lowest BCUT2D eigenvalue weighted by atomic mass is 10.0.